The van der Waals surface area contributed by atoms with Gasteiger partial charge in [-0.05, 0) is 53.3 Å². The number of fused-ring (bicyclic) bond motifs is 2. The molecule has 1 heterocycles. The molecular weight excluding hydrogens is 300 g/mol. The van der Waals surface area contributed by atoms with Crippen molar-refractivity contribution < 1.29 is 4.79 Å². The van der Waals surface area contributed by atoms with Crippen molar-refractivity contribution in [1.29, 1.82) is 0 Å². The number of nitrogen functional groups attached to an aromatic ring is 1. The molecule has 0 saturated carbocycles. The first-order valence-corrected chi connectivity index (χ1v) is 8.16. The summed E-state index contributed by atoms with van der Waals surface area (Å²) in [6, 6.07) is 14.3. The van der Waals surface area contributed by atoms with Crippen LogP contribution in [0.15, 0.2) is 47.5 Å². The minimum absolute atomic E-state index is 0.0107. The summed E-state index contributed by atoms with van der Waals surface area (Å²) in [5.41, 5.74) is 10.8. The molecule has 1 aliphatic carbocycles. The molecule has 2 aromatic carbocycles. The highest BCUT2D eigenvalue weighted by Crippen LogP contribution is 2.45. The van der Waals surface area contributed by atoms with Crippen LogP contribution in [0.1, 0.15) is 24.0 Å². The van der Waals surface area contributed by atoms with Crippen molar-refractivity contribution in [3.8, 4) is 11.1 Å². The van der Waals surface area contributed by atoms with E-state index in [9.17, 15) is 4.79 Å². The molecule has 24 heavy (non-hydrogen) atoms. The van der Waals surface area contributed by atoms with Crippen LogP contribution in [0.2, 0.25) is 0 Å². The number of nitrogens with one attached hydrogen (secondary N) is 2. The lowest BCUT2D eigenvalue weighted by molar-refractivity contribution is -0.121. The molecular formula is C19H20N4O. The predicted octanol–water partition coefficient (Wildman–Crippen LogP) is 2.17. The van der Waals surface area contributed by atoms with Gasteiger partial charge in [0.05, 0.1) is 12.0 Å². The van der Waals surface area contributed by atoms with E-state index in [1.807, 2.05) is 18.2 Å². The van der Waals surface area contributed by atoms with Gasteiger partial charge in [-0.2, -0.15) is 0 Å². The Labute approximate surface area is 141 Å². The summed E-state index contributed by atoms with van der Waals surface area (Å²) in [4.78, 5) is 17.0. The molecule has 0 unspecified atom stereocenters. The maximum atomic E-state index is 12.2. The minimum Gasteiger partial charge on any atom is -0.399 e. The highest BCUT2D eigenvalue weighted by atomic mass is 16.2. The smallest absolute Gasteiger partial charge is 0.229 e. The maximum Gasteiger partial charge on any atom is 0.229 e. The number of nitrogens with two attached hydrogens (primary N) is 1. The van der Waals surface area contributed by atoms with Gasteiger partial charge in [-0.3, -0.25) is 10.1 Å². The van der Waals surface area contributed by atoms with E-state index >= 15 is 0 Å². The fraction of sp³-hybridized carbons (Fsp3) is 0.263. The van der Waals surface area contributed by atoms with Crippen molar-refractivity contribution in [3.63, 3.8) is 0 Å². The third kappa shape index (κ3) is 2.33. The zero-order chi connectivity index (χ0) is 16.7. The van der Waals surface area contributed by atoms with Crippen molar-refractivity contribution in [1.82, 2.24) is 10.6 Å². The molecule has 4 N–H and O–H groups in total. The second-order valence-corrected chi connectivity index (χ2v) is 6.46. The number of rotatable bonds is 1. The fourth-order valence-electron chi connectivity index (χ4n) is 3.74. The molecule has 0 saturated heterocycles. The number of aliphatic imine (C=N–C) groups is 1. The van der Waals surface area contributed by atoms with Gasteiger partial charge in [0, 0.05) is 12.7 Å². The van der Waals surface area contributed by atoms with Crippen LogP contribution in [0.3, 0.4) is 0 Å². The van der Waals surface area contributed by atoms with Crippen LogP contribution >= 0.6 is 0 Å². The molecule has 0 aromatic heterocycles. The Morgan fingerprint density at radius 1 is 1.21 bits per heavy atom. The second kappa shape index (κ2) is 5.37. The molecule has 1 atom stereocenters. The molecule has 1 amide bonds. The Hall–Kier alpha value is -2.82. The van der Waals surface area contributed by atoms with Crippen molar-refractivity contribution >= 4 is 17.6 Å². The van der Waals surface area contributed by atoms with Crippen molar-refractivity contribution in [3.05, 3.63) is 53.6 Å². The predicted molar refractivity (Wildman–Crippen MR) is 95.5 cm³/mol. The van der Waals surface area contributed by atoms with Gasteiger partial charge >= 0.3 is 0 Å². The Bertz CT molecular complexity index is 858. The molecule has 2 aromatic rings. The molecule has 2 aliphatic rings. The zero-order valence-electron chi connectivity index (χ0n) is 13.6. The first-order chi connectivity index (χ1) is 11.6. The summed E-state index contributed by atoms with van der Waals surface area (Å²) in [6.07, 6.45) is 2.20. The van der Waals surface area contributed by atoms with E-state index in [0.29, 0.717) is 12.4 Å². The number of anilines is 1. The highest BCUT2D eigenvalue weighted by molar-refractivity contribution is 6.00. The van der Waals surface area contributed by atoms with Gasteiger partial charge in [0.15, 0.2) is 5.96 Å². The normalized spacial score (nSPS) is 22.0. The van der Waals surface area contributed by atoms with E-state index < -0.39 is 5.54 Å². The first-order valence-electron chi connectivity index (χ1n) is 8.16. The van der Waals surface area contributed by atoms with Crippen LogP contribution in [-0.4, -0.2) is 18.9 Å². The van der Waals surface area contributed by atoms with Crippen LogP contribution in [0.5, 0.6) is 0 Å². The Balaban J connectivity index is 1.83. The summed E-state index contributed by atoms with van der Waals surface area (Å²) in [6.45, 7) is 0. The molecule has 1 spiro atoms. The molecule has 4 rings (SSSR count). The maximum absolute atomic E-state index is 12.2. The minimum atomic E-state index is -0.452. The van der Waals surface area contributed by atoms with E-state index in [0.717, 1.165) is 35.2 Å². The van der Waals surface area contributed by atoms with Crippen LogP contribution in [0.4, 0.5) is 5.69 Å². The molecule has 0 fully saturated rings. The third-order valence-corrected chi connectivity index (χ3v) is 4.91. The van der Waals surface area contributed by atoms with Gasteiger partial charge in [-0.15, -0.1) is 0 Å². The number of benzene rings is 2. The summed E-state index contributed by atoms with van der Waals surface area (Å²) in [5, 5.41) is 5.76. The summed E-state index contributed by atoms with van der Waals surface area (Å²) in [5.74, 6) is 0.560. The van der Waals surface area contributed by atoms with Crippen molar-refractivity contribution in [2.24, 2.45) is 4.99 Å². The number of hydrogen-bond acceptors (Lipinski definition) is 4. The molecule has 0 radical (unpaired) electrons. The van der Waals surface area contributed by atoms with E-state index in [2.05, 4.69) is 34.9 Å². The van der Waals surface area contributed by atoms with Gasteiger partial charge in [0.1, 0.15) is 0 Å². The monoisotopic (exact) mass is 320 g/mol. The van der Waals surface area contributed by atoms with E-state index in [4.69, 9.17) is 10.7 Å². The topological polar surface area (TPSA) is 79.5 Å². The second-order valence-electron chi connectivity index (χ2n) is 6.46. The van der Waals surface area contributed by atoms with E-state index in [1.54, 1.807) is 7.05 Å². The first kappa shape index (κ1) is 14.8. The number of aryl methyl sites for hydroxylation is 1. The summed E-state index contributed by atoms with van der Waals surface area (Å²) >= 11 is 0. The molecule has 5 heteroatoms. The zero-order valence-corrected chi connectivity index (χ0v) is 13.6. The fourth-order valence-corrected chi connectivity index (χ4v) is 3.74. The summed E-state index contributed by atoms with van der Waals surface area (Å²) in [7, 11) is 1.77. The molecule has 0 bridgehead atoms. The number of hydrogen-bond donors (Lipinski definition) is 3. The number of carbonyl (C=O) groups is 1. The van der Waals surface area contributed by atoms with E-state index in [1.165, 1.54) is 5.56 Å². The Kier molecular flexibility index (Phi) is 3.30. The van der Waals surface area contributed by atoms with Gasteiger partial charge in [-0.25, -0.2) is 4.99 Å². The van der Waals surface area contributed by atoms with Crippen LogP contribution in [0.25, 0.3) is 11.1 Å². The average molecular weight is 320 g/mol. The Morgan fingerprint density at radius 3 is 2.83 bits per heavy atom. The third-order valence-electron chi connectivity index (χ3n) is 4.91. The standard InChI is InChI=1S/C19H20N4O/c1-21-18-22-17(24)11-19(23-18)8-7-12-5-6-14(10-16(12)19)13-3-2-4-15(20)9-13/h2-6,9-10H,7-8,11,20H2,1H3,(H2,21,22,23,24)/t19-/m0/s1. The number of nitrogens with zero attached hydrogens (tertiary/aromatic N) is 1. The molecule has 5 nitrogen and oxygen atoms in total. The van der Waals surface area contributed by atoms with Crippen LogP contribution in [-0.2, 0) is 16.8 Å². The molecule has 1 aliphatic heterocycles. The van der Waals surface area contributed by atoms with Gasteiger partial charge in [0.25, 0.3) is 0 Å². The average Bonchev–Trinajstić information content (AvgIpc) is 2.91. The van der Waals surface area contributed by atoms with E-state index in [-0.39, 0.29) is 5.91 Å². The lowest BCUT2D eigenvalue weighted by Crippen LogP contribution is -2.48. The Morgan fingerprint density at radius 2 is 2.04 bits per heavy atom. The quantitative estimate of drug-likeness (QED) is 0.705. The lowest BCUT2D eigenvalue weighted by Gasteiger charge is -2.31. The highest BCUT2D eigenvalue weighted by Gasteiger charge is 2.43. The van der Waals surface area contributed by atoms with Crippen LogP contribution in [0, 0.1) is 0 Å². The SMILES string of the molecule is CNC1=N[C@@]2(CCc3ccc(-c4cccc(N)c4)cc32)CC(=O)N1. The molecule has 122 valence electrons. The van der Waals surface area contributed by atoms with Crippen molar-refractivity contribution in [2.75, 3.05) is 12.8 Å². The summed E-state index contributed by atoms with van der Waals surface area (Å²) < 4.78 is 0. The van der Waals surface area contributed by atoms with Gasteiger partial charge in [0.2, 0.25) is 5.91 Å². The van der Waals surface area contributed by atoms with Crippen LogP contribution < -0.4 is 16.4 Å². The number of amides is 1. The number of guanidine groups is 1. The largest absolute Gasteiger partial charge is 0.399 e. The van der Waals surface area contributed by atoms with Gasteiger partial charge < -0.3 is 11.1 Å². The van der Waals surface area contributed by atoms with Gasteiger partial charge in [-0.1, -0.05) is 24.3 Å². The number of carbonyl (C=O) groups excluding carboxylic acids is 1. The lowest BCUT2D eigenvalue weighted by atomic mass is 9.86. The van der Waals surface area contributed by atoms with Crippen molar-refractivity contribution in [2.45, 2.75) is 24.8 Å².